The Morgan fingerprint density at radius 3 is 3.00 bits per heavy atom. The fourth-order valence-corrected chi connectivity index (χ4v) is 2.00. The highest BCUT2D eigenvalue weighted by Crippen LogP contribution is 2.22. The molecule has 0 aliphatic heterocycles. The first-order valence-corrected chi connectivity index (χ1v) is 7.51. The molecule has 0 spiro atoms. The van der Waals surface area contributed by atoms with Crippen LogP contribution in [0, 0.1) is 0 Å². The van der Waals surface area contributed by atoms with Gasteiger partial charge in [0.2, 0.25) is 5.82 Å². The molecule has 0 atom stereocenters. The van der Waals surface area contributed by atoms with Crippen LogP contribution in [0.3, 0.4) is 0 Å². The largest absolute Gasteiger partial charge is 0.338 e. The van der Waals surface area contributed by atoms with Gasteiger partial charge in [0, 0.05) is 30.2 Å². The van der Waals surface area contributed by atoms with E-state index in [0.29, 0.717) is 23.8 Å². The minimum absolute atomic E-state index is 0.248. The van der Waals surface area contributed by atoms with Crippen molar-refractivity contribution < 1.29 is 9.32 Å². The number of hydrogen-bond donors (Lipinski definition) is 2. The van der Waals surface area contributed by atoms with Gasteiger partial charge < -0.3 is 15.2 Å². The molecule has 8 heteroatoms. The average Bonchev–Trinajstić information content (AvgIpc) is 3.11. The van der Waals surface area contributed by atoms with E-state index in [4.69, 9.17) is 4.52 Å². The third-order valence-electron chi connectivity index (χ3n) is 3.12. The lowest BCUT2D eigenvalue weighted by Gasteiger charge is -2.07. The van der Waals surface area contributed by atoms with Gasteiger partial charge in [-0.05, 0) is 18.6 Å². The molecule has 2 N–H and O–H groups in total. The molecule has 2 aromatic heterocycles. The van der Waals surface area contributed by atoms with Gasteiger partial charge in [-0.3, -0.25) is 4.98 Å². The van der Waals surface area contributed by atoms with Gasteiger partial charge in [0.15, 0.2) is 0 Å². The number of carbonyl (C=O) groups excluding carboxylic acids is 1. The molecule has 0 saturated carbocycles. The summed E-state index contributed by atoms with van der Waals surface area (Å²) in [7, 11) is 0. The summed E-state index contributed by atoms with van der Waals surface area (Å²) < 4.78 is 5.22. The van der Waals surface area contributed by atoms with Gasteiger partial charge in [0.25, 0.3) is 5.89 Å². The van der Waals surface area contributed by atoms with Crippen molar-refractivity contribution in [3.63, 3.8) is 0 Å². The maximum atomic E-state index is 11.7. The summed E-state index contributed by atoms with van der Waals surface area (Å²) in [5.41, 5.74) is 1.87. The van der Waals surface area contributed by atoms with Gasteiger partial charge in [-0.25, -0.2) is 9.78 Å². The Kier molecular flexibility index (Phi) is 4.76. The smallest absolute Gasteiger partial charge is 0.319 e. The van der Waals surface area contributed by atoms with Crippen molar-refractivity contribution >= 4 is 11.7 Å². The number of hydrogen-bond acceptors (Lipinski definition) is 6. The van der Waals surface area contributed by atoms with Crippen molar-refractivity contribution in [2.24, 2.45) is 0 Å². The van der Waals surface area contributed by atoms with Gasteiger partial charge in [-0.15, -0.1) is 0 Å². The first kappa shape index (κ1) is 15.6. The molecular formula is C16H16N6O2. The Labute approximate surface area is 138 Å². The number of carbonyl (C=O) groups is 1. The minimum atomic E-state index is -0.248. The third kappa shape index (κ3) is 3.72. The molecule has 2 amide bonds. The molecule has 0 fully saturated rings. The second-order valence-corrected chi connectivity index (χ2v) is 4.98. The number of nitrogens with one attached hydrogen (secondary N) is 2. The number of rotatable bonds is 5. The second kappa shape index (κ2) is 7.32. The van der Waals surface area contributed by atoms with E-state index < -0.39 is 0 Å². The van der Waals surface area contributed by atoms with Crippen LogP contribution >= 0.6 is 0 Å². The molecule has 0 unspecified atom stereocenters. The normalized spacial score (nSPS) is 10.4. The number of aromatic nitrogens is 4. The van der Waals surface area contributed by atoms with Crippen LogP contribution < -0.4 is 10.6 Å². The van der Waals surface area contributed by atoms with Crippen LogP contribution in [-0.2, 0) is 0 Å². The summed E-state index contributed by atoms with van der Waals surface area (Å²) in [5, 5.41) is 9.47. The Bertz CT molecular complexity index is 818. The lowest BCUT2D eigenvalue weighted by atomic mass is 10.2. The Morgan fingerprint density at radius 1 is 1.29 bits per heavy atom. The van der Waals surface area contributed by atoms with E-state index in [0.717, 1.165) is 12.0 Å². The van der Waals surface area contributed by atoms with Crippen molar-refractivity contribution in [3.8, 4) is 23.0 Å². The molecule has 8 nitrogen and oxygen atoms in total. The molecule has 0 aliphatic rings. The van der Waals surface area contributed by atoms with Crippen LogP contribution in [0.2, 0.25) is 0 Å². The van der Waals surface area contributed by atoms with Crippen molar-refractivity contribution in [1.82, 2.24) is 25.4 Å². The Balaban J connectivity index is 1.77. The first-order valence-electron chi connectivity index (χ1n) is 7.51. The highest BCUT2D eigenvalue weighted by Gasteiger charge is 2.12. The summed E-state index contributed by atoms with van der Waals surface area (Å²) in [5.74, 6) is 0.699. The summed E-state index contributed by atoms with van der Waals surface area (Å²) in [6.07, 6.45) is 5.55. The Hall–Kier alpha value is -3.29. The summed E-state index contributed by atoms with van der Waals surface area (Å²) in [6.45, 7) is 2.61. The molecule has 3 aromatic rings. The van der Waals surface area contributed by atoms with Crippen LogP contribution in [0.5, 0.6) is 0 Å². The van der Waals surface area contributed by atoms with Crippen LogP contribution in [0.1, 0.15) is 13.3 Å². The molecule has 0 saturated heterocycles. The molecular weight excluding hydrogens is 308 g/mol. The number of anilines is 1. The number of urea groups is 1. The molecule has 3 rings (SSSR count). The lowest BCUT2D eigenvalue weighted by Crippen LogP contribution is -2.29. The van der Waals surface area contributed by atoms with Crippen LogP contribution in [-0.4, -0.2) is 32.7 Å². The Morgan fingerprint density at radius 2 is 2.21 bits per heavy atom. The second-order valence-electron chi connectivity index (χ2n) is 4.98. The number of benzene rings is 1. The van der Waals surface area contributed by atoms with Gasteiger partial charge in [0.1, 0.15) is 5.69 Å². The quantitative estimate of drug-likeness (QED) is 0.747. The van der Waals surface area contributed by atoms with Gasteiger partial charge in [-0.1, -0.05) is 24.2 Å². The summed E-state index contributed by atoms with van der Waals surface area (Å²) in [6, 6.07) is 6.96. The predicted molar refractivity (Wildman–Crippen MR) is 88.1 cm³/mol. The number of amides is 2. The zero-order valence-corrected chi connectivity index (χ0v) is 13.1. The van der Waals surface area contributed by atoms with E-state index >= 15 is 0 Å². The fourth-order valence-electron chi connectivity index (χ4n) is 2.00. The maximum Gasteiger partial charge on any atom is 0.319 e. The van der Waals surface area contributed by atoms with E-state index in [1.807, 2.05) is 19.1 Å². The molecule has 0 aliphatic carbocycles. The highest BCUT2D eigenvalue weighted by molar-refractivity contribution is 5.89. The van der Waals surface area contributed by atoms with Gasteiger partial charge in [-0.2, -0.15) is 4.98 Å². The van der Waals surface area contributed by atoms with Crippen molar-refractivity contribution in [2.75, 3.05) is 11.9 Å². The topological polar surface area (TPSA) is 106 Å². The van der Waals surface area contributed by atoms with Crippen LogP contribution in [0.4, 0.5) is 10.5 Å². The molecule has 0 bridgehead atoms. The maximum absolute atomic E-state index is 11.7. The monoisotopic (exact) mass is 324 g/mol. The molecule has 1 aromatic carbocycles. The van der Waals surface area contributed by atoms with E-state index in [1.54, 1.807) is 30.7 Å². The molecule has 0 radical (unpaired) electrons. The average molecular weight is 324 g/mol. The minimum Gasteiger partial charge on any atom is -0.338 e. The number of nitrogens with zero attached hydrogens (tertiary/aromatic N) is 4. The SMILES string of the molecule is CCCNC(=O)Nc1cccc(-c2noc(-c3cnccn3)n2)c1. The van der Waals surface area contributed by atoms with E-state index in [9.17, 15) is 4.79 Å². The molecule has 2 heterocycles. The fraction of sp³-hybridized carbons (Fsp3) is 0.188. The summed E-state index contributed by atoms with van der Waals surface area (Å²) in [4.78, 5) is 24.1. The zero-order valence-electron chi connectivity index (χ0n) is 13.1. The first-order chi connectivity index (χ1) is 11.8. The van der Waals surface area contributed by atoms with Gasteiger partial charge in [0.05, 0.1) is 6.20 Å². The molecule has 24 heavy (non-hydrogen) atoms. The van der Waals surface area contributed by atoms with Gasteiger partial charge >= 0.3 is 6.03 Å². The standard InChI is InChI=1S/C16H16N6O2/c1-2-6-19-16(23)20-12-5-3-4-11(9-12)14-21-15(24-22-14)13-10-17-7-8-18-13/h3-5,7-10H,2,6H2,1H3,(H2,19,20,23). The highest BCUT2D eigenvalue weighted by atomic mass is 16.5. The van der Waals surface area contributed by atoms with Crippen molar-refractivity contribution in [2.45, 2.75) is 13.3 Å². The lowest BCUT2D eigenvalue weighted by molar-refractivity contribution is 0.252. The van der Waals surface area contributed by atoms with Crippen molar-refractivity contribution in [3.05, 3.63) is 42.9 Å². The van der Waals surface area contributed by atoms with E-state index in [-0.39, 0.29) is 11.9 Å². The predicted octanol–water partition coefficient (Wildman–Crippen LogP) is 2.73. The molecule has 122 valence electrons. The third-order valence-corrected chi connectivity index (χ3v) is 3.12. The van der Waals surface area contributed by atoms with E-state index in [2.05, 4.69) is 30.7 Å². The van der Waals surface area contributed by atoms with Crippen LogP contribution in [0.25, 0.3) is 23.0 Å². The van der Waals surface area contributed by atoms with Crippen molar-refractivity contribution in [1.29, 1.82) is 0 Å². The summed E-state index contributed by atoms with van der Waals surface area (Å²) >= 11 is 0. The van der Waals surface area contributed by atoms with E-state index in [1.165, 1.54) is 0 Å². The zero-order chi connectivity index (χ0) is 16.8. The van der Waals surface area contributed by atoms with Crippen LogP contribution in [0.15, 0.2) is 47.4 Å².